The first-order valence-electron chi connectivity index (χ1n) is 6.26. The Kier molecular flexibility index (Phi) is 2.93. The minimum Gasteiger partial charge on any atom is -0.374 e. The maximum absolute atomic E-state index is 5.73. The van der Waals surface area contributed by atoms with Gasteiger partial charge in [-0.25, -0.2) is 4.98 Å². The number of nitrogens with zero attached hydrogens (tertiary/aromatic N) is 2. The fourth-order valence-corrected chi connectivity index (χ4v) is 2.48. The Balaban J connectivity index is 1.66. The molecule has 88 valence electrons. The highest BCUT2D eigenvalue weighted by Crippen LogP contribution is 2.36. The van der Waals surface area contributed by atoms with E-state index in [9.17, 15) is 0 Å². The van der Waals surface area contributed by atoms with E-state index in [0.29, 0.717) is 6.10 Å². The minimum absolute atomic E-state index is 0.307. The summed E-state index contributed by atoms with van der Waals surface area (Å²) in [5.41, 5.74) is 1.40. The maximum Gasteiger partial charge on any atom is 0.0949 e. The molecule has 16 heavy (non-hydrogen) atoms. The quantitative estimate of drug-likeness (QED) is 0.832. The number of hydrogen-bond acceptors (Lipinski definition) is 3. The molecule has 1 aromatic heterocycles. The van der Waals surface area contributed by atoms with E-state index in [1.807, 2.05) is 12.5 Å². The summed E-state index contributed by atoms with van der Waals surface area (Å²) in [5, 5.41) is 3.37. The van der Waals surface area contributed by atoms with Gasteiger partial charge in [0.25, 0.3) is 0 Å². The van der Waals surface area contributed by atoms with Crippen molar-refractivity contribution in [1.29, 1.82) is 0 Å². The molecular weight excluding hydrogens is 202 g/mol. The molecule has 4 heteroatoms. The van der Waals surface area contributed by atoms with Gasteiger partial charge in [-0.3, -0.25) is 0 Å². The summed E-state index contributed by atoms with van der Waals surface area (Å²) in [6.07, 6.45) is 8.32. The highest BCUT2D eigenvalue weighted by Gasteiger charge is 2.24. The van der Waals surface area contributed by atoms with Gasteiger partial charge >= 0.3 is 0 Å². The normalized spacial score (nSPS) is 26.6. The van der Waals surface area contributed by atoms with E-state index in [0.717, 1.165) is 32.2 Å². The fourth-order valence-electron chi connectivity index (χ4n) is 2.48. The molecule has 1 aliphatic heterocycles. The van der Waals surface area contributed by atoms with Crippen molar-refractivity contribution in [1.82, 2.24) is 14.9 Å². The first-order valence-corrected chi connectivity index (χ1v) is 6.26. The van der Waals surface area contributed by atoms with Gasteiger partial charge in [-0.2, -0.15) is 0 Å². The van der Waals surface area contributed by atoms with Gasteiger partial charge in [-0.1, -0.05) is 6.42 Å². The molecule has 0 bridgehead atoms. The first kappa shape index (κ1) is 10.3. The molecule has 2 aliphatic rings. The molecular formula is C12H19N3O. The lowest BCUT2D eigenvalue weighted by Gasteiger charge is -2.29. The van der Waals surface area contributed by atoms with Crippen molar-refractivity contribution in [2.24, 2.45) is 0 Å². The van der Waals surface area contributed by atoms with E-state index in [2.05, 4.69) is 14.9 Å². The second-order valence-electron chi connectivity index (χ2n) is 4.80. The zero-order valence-corrected chi connectivity index (χ0v) is 9.56. The van der Waals surface area contributed by atoms with Crippen LogP contribution in [0.3, 0.4) is 0 Å². The monoisotopic (exact) mass is 221 g/mol. The molecule has 0 spiro atoms. The highest BCUT2D eigenvalue weighted by atomic mass is 16.5. The van der Waals surface area contributed by atoms with Crippen LogP contribution in [0.25, 0.3) is 0 Å². The Morgan fingerprint density at radius 2 is 2.44 bits per heavy atom. The average Bonchev–Trinajstić information content (AvgIpc) is 2.66. The van der Waals surface area contributed by atoms with Crippen molar-refractivity contribution in [3.63, 3.8) is 0 Å². The van der Waals surface area contributed by atoms with Crippen LogP contribution in [0, 0.1) is 0 Å². The molecule has 4 nitrogen and oxygen atoms in total. The van der Waals surface area contributed by atoms with E-state index >= 15 is 0 Å². The second kappa shape index (κ2) is 4.55. The van der Waals surface area contributed by atoms with Crippen molar-refractivity contribution < 1.29 is 4.74 Å². The number of nitrogens with one attached hydrogen (secondary N) is 1. The van der Waals surface area contributed by atoms with Gasteiger partial charge in [0, 0.05) is 30.9 Å². The summed E-state index contributed by atoms with van der Waals surface area (Å²) in [7, 11) is 0. The zero-order valence-electron chi connectivity index (χ0n) is 9.56. The third-order valence-corrected chi connectivity index (χ3v) is 3.67. The van der Waals surface area contributed by atoms with Gasteiger partial charge in [0.1, 0.15) is 0 Å². The summed E-state index contributed by atoms with van der Waals surface area (Å²) >= 11 is 0. The second-order valence-corrected chi connectivity index (χ2v) is 4.80. The number of aromatic nitrogens is 2. The van der Waals surface area contributed by atoms with Crippen molar-refractivity contribution in [3.8, 4) is 0 Å². The van der Waals surface area contributed by atoms with Crippen molar-refractivity contribution >= 4 is 0 Å². The molecule has 1 N–H and O–H groups in total. The third kappa shape index (κ3) is 1.99. The SMILES string of the molecule is c1ncn(CC2CNCCO2)c1C1CCC1. The molecule has 2 fully saturated rings. The summed E-state index contributed by atoms with van der Waals surface area (Å²) in [6.45, 7) is 3.72. The van der Waals surface area contributed by atoms with Gasteiger partial charge in [0.15, 0.2) is 0 Å². The Bertz CT molecular complexity index is 340. The maximum atomic E-state index is 5.73. The molecule has 0 amide bonds. The Morgan fingerprint density at radius 1 is 1.50 bits per heavy atom. The van der Waals surface area contributed by atoms with Crippen LogP contribution < -0.4 is 5.32 Å². The molecule has 1 atom stereocenters. The average molecular weight is 221 g/mol. The lowest BCUT2D eigenvalue weighted by Crippen LogP contribution is -2.41. The number of rotatable bonds is 3. The van der Waals surface area contributed by atoms with Gasteiger partial charge in [0.2, 0.25) is 0 Å². The summed E-state index contributed by atoms with van der Waals surface area (Å²) in [5.74, 6) is 0.749. The van der Waals surface area contributed by atoms with Crippen LogP contribution in [0.4, 0.5) is 0 Å². The molecule has 0 radical (unpaired) electrons. The predicted octanol–water partition coefficient (Wildman–Crippen LogP) is 1.14. The third-order valence-electron chi connectivity index (χ3n) is 3.67. The lowest BCUT2D eigenvalue weighted by molar-refractivity contribution is 0.0174. The predicted molar refractivity (Wildman–Crippen MR) is 61.4 cm³/mol. The van der Waals surface area contributed by atoms with Crippen LogP contribution in [0.1, 0.15) is 30.9 Å². The topological polar surface area (TPSA) is 39.1 Å². The Hall–Kier alpha value is -0.870. The van der Waals surface area contributed by atoms with Crippen LogP contribution in [0.2, 0.25) is 0 Å². The largest absolute Gasteiger partial charge is 0.374 e. The van der Waals surface area contributed by atoms with Crippen LogP contribution in [0.15, 0.2) is 12.5 Å². The number of morpholine rings is 1. The van der Waals surface area contributed by atoms with Crippen LogP contribution in [0.5, 0.6) is 0 Å². The number of hydrogen-bond donors (Lipinski definition) is 1. The summed E-state index contributed by atoms with van der Waals surface area (Å²) in [6, 6.07) is 0. The molecule has 1 aliphatic carbocycles. The number of imidazole rings is 1. The van der Waals surface area contributed by atoms with E-state index in [1.165, 1.54) is 25.0 Å². The van der Waals surface area contributed by atoms with E-state index in [4.69, 9.17) is 4.74 Å². The first-order chi connectivity index (χ1) is 7.93. The minimum atomic E-state index is 0.307. The molecule has 1 saturated carbocycles. The highest BCUT2D eigenvalue weighted by molar-refractivity contribution is 5.09. The molecule has 1 unspecified atom stereocenters. The van der Waals surface area contributed by atoms with Crippen LogP contribution in [-0.4, -0.2) is 35.4 Å². The summed E-state index contributed by atoms with van der Waals surface area (Å²) < 4.78 is 8.01. The zero-order chi connectivity index (χ0) is 10.8. The number of ether oxygens (including phenoxy) is 1. The van der Waals surface area contributed by atoms with Gasteiger partial charge in [0.05, 0.1) is 25.6 Å². The van der Waals surface area contributed by atoms with Crippen LogP contribution >= 0.6 is 0 Å². The lowest BCUT2D eigenvalue weighted by atomic mass is 9.83. The Morgan fingerprint density at radius 3 is 3.12 bits per heavy atom. The molecule has 3 rings (SSSR count). The van der Waals surface area contributed by atoms with E-state index in [-0.39, 0.29) is 0 Å². The molecule has 1 aromatic rings. The van der Waals surface area contributed by atoms with Gasteiger partial charge in [-0.05, 0) is 12.8 Å². The van der Waals surface area contributed by atoms with Crippen molar-refractivity contribution in [3.05, 3.63) is 18.2 Å². The molecule has 0 aromatic carbocycles. The standard InChI is InChI=1S/C12H19N3O/c1-2-10(3-1)12-7-14-9-15(12)8-11-6-13-4-5-16-11/h7,9-11,13H,1-6,8H2. The fraction of sp³-hybridized carbons (Fsp3) is 0.750. The van der Waals surface area contributed by atoms with Gasteiger partial charge < -0.3 is 14.6 Å². The molecule has 2 heterocycles. The van der Waals surface area contributed by atoms with Gasteiger partial charge in [-0.15, -0.1) is 0 Å². The van der Waals surface area contributed by atoms with E-state index in [1.54, 1.807) is 0 Å². The van der Waals surface area contributed by atoms with Crippen molar-refractivity contribution in [2.75, 3.05) is 19.7 Å². The smallest absolute Gasteiger partial charge is 0.0949 e. The van der Waals surface area contributed by atoms with Crippen molar-refractivity contribution in [2.45, 2.75) is 37.8 Å². The van der Waals surface area contributed by atoms with Crippen LogP contribution in [-0.2, 0) is 11.3 Å². The molecule has 1 saturated heterocycles. The Labute approximate surface area is 96.0 Å². The van der Waals surface area contributed by atoms with E-state index < -0.39 is 0 Å². The summed E-state index contributed by atoms with van der Waals surface area (Å²) in [4.78, 5) is 4.28.